The van der Waals surface area contributed by atoms with Gasteiger partial charge in [-0.1, -0.05) is 0 Å². The topological polar surface area (TPSA) is 107 Å². The molecule has 0 aliphatic heterocycles. The SMILES string of the molecule is O=Cc1cnc2c(CC3CC3)nc(Br)cn12.O=Cc1cnc2c(NC3CC3)nc(Br)cn12. The maximum absolute atomic E-state index is 10.8. The first-order valence-electron chi connectivity index (χ1n) is 10.3. The first-order chi connectivity index (χ1) is 15.6. The molecule has 0 saturated heterocycles. The van der Waals surface area contributed by atoms with Gasteiger partial charge in [-0.25, -0.2) is 19.9 Å². The Labute approximate surface area is 199 Å². The van der Waals surface area contributed by atoms with Crippen molar-refractivity contribution >= 4 is 61.5 Å². The summed E-state index contributed by atoms with van der Waals surface area (Å²) in [7, 11) is 0. The second-order valence-corrected chi connectivity index (χ2v) is 9.60. The van der Waals surface area contributed by atoms with Crippen molar-refractivity contribution in [3.05, 3.63) is 51.1 Å². The fourth-order valence-electron chi connectivity index (χ4n) is 3.44. The van der Waals surface area contributed by atoms with Crippen molar-refractivity contribution in [2.75, 3.05) is 5.32 Å². The molecule has 0 amide bonds. The molecule has 164 valence electrons. The van der Waals surface area contributed by atoms with Crippen LogP contribution in [0.15, 0.2) is 34.0 Å². The Kier molecular flexibility index (Phi) is 5.76. The molecule has 2 aliphatic rings. The molecule has 0 unspecified atom stereocenters. The maximum atomic E-state index is 10.8. The van der Waals surface area contributed by atoms with Crippen molar-refractivity contribution < 1.29 is 9.59 Å². The number of hydrogen-bond acceptors (Lipinski definition) is 7. The van der Waals surface area contributed by atoms with Gasteiger partial charge in [-0.15, -0.1) is 0 Å². The predicted molar refractivity (Wildman–Crippen MR) is 125 cm³/mol. The van der Waals surface area contributed by atoms with Gasteiger partial charge in [0.2, 0.25) is 0 Å². The van der Waals surface area contributed by atoms with E-state index in [4.69, 9.17) is 0 Å². The van der Waals surface area contributed by atoms with Crippen LogP contribution in [0.3, 0.4) is 0 Å². The van der Waals surface area contributed by atoms with Gasteiger partial charge in [0, 0.05) is 18.4 Å². The number of anilines is 1. The summed E-state index contributed by atoms with van der Waals surface area (Å²) >= 11 is 6.69. The van der Waals surface area contributed by atoms with Gasteiger partial charge in [0.15, 0.2) is 29.7 Å². The largest absolute Gasteiger partial charge is 0.364 e. The lowest BCUT2D eigenvalue weighted by Gasteiger charge is -2.06. The highest BCUT2D eigenvalue weighted by molar-refractivity contribution is 9.10. The average molecular weight is 561 g/mol. The maximum Gasteiger partial charge on any atom is 0.180 e. The second kappa shape index (κ2) is 8.70. The number of carbonyl (C=O) groups excluding carboxylic acids is 2. The van der Waals surface area contributed by atoms with E-state index >= 15 is 0 Å². The number of fused-ring (bicyclic) bond motifs is 2. The van der Waals surface area contributed by atoms with Gasteiger partial charge in [0.25, 0.3) is 0 Å². The number of rotatable bonds is 6. The van der Waals surface area contributed by atoms with Crippen molar-refractivity contribution in [1.82, 2.24) is 28.7 Å². The standard InChI is InChI=1S/C11H10BrN3O.C10H9BrN4O/c12-10-5-15-8(6-16)4-13-11(15)9(14-10)3-7-1-2-7;11-8-4-15-7(5-16)3-12-10(15)9(14-8)13-6-1-2-6/h4-7H,1-3H2;3-6H,1-2H2,(H,13,14). The minimum absolute atomic E-state index is 0.502. The van der Waals surface area contributed by atoms with Gasteiger partial charge in [-0.3, -0.25) is 18.4 Å². The lowest BCUT2D eigenvalue weighted by Crippen LogP contribution is -2.06. The van der Waals surface area contributed by atoms with E-state index in [0.29, 0.717) is 27.7 Å². The van der Waals surface area contributed by atoms with Gasteiger partial charge in [-0.05, 0) is 69.9 Å². The normalized spacial score (nSPS) is 15.4. The highest BCUT2D eigenvalue weighted by Crippen LogP contribution is 2.33. The highest BCUT2D eigenvalue weighted by atomic mass is 79.9. The lowest BCUT2D eigenvalue weighted by atomic mass is 10.2. The zero-order chi connectivity index (χ0) is 22.2. The molecule has 2 aliphatic carbocycles. The van der Waals surface area contributed by atoms with Crippen molar-refractivity contribution in [2.24, 2.45) is 5.92 Å². The summed E-state index contributed by atoms with van der Waals surface area (Å²) in [5.74, 6) is 1.48. The third-order valence-corrected chi connectivity index (χ3v) is 6.16. The lowest BCUT2D eigenvalue weighted by molar-refractivity contribution is 0.111. The zero-order valence-corrected chi connectivity index (χ0v) is 20.1. The van der Waals surface area contributed by atoms with Crippen LogP contribution in [0.5, 0.6) is 0 Å². The molecule has 0 aromatic carbocycles. The molecule has 0 atom stereocenters. The molecule has 2 fully saturated rings. The van der Waals surface area contributed by atoms with E-state index in [-0.39, 0.29) is 0 Å². The van der Waals surface area contributed by atoms with Crippen LogP contribution < -0.4 is 5.32 Å². The number of imidazole rings is 2. The molecule has 0 bridgehead atoms. The first kappa shape index (κ1) is 21.2. The number of hydrogen-bond donors (Lipinski definition) is 1. The molecule has 4 aromatic rings. The molecule has 2 saturated carbocycles. The molecule has 1 N–H and O–H groups in total. The van der Waals surface area contributed by atoms with Crippen LogP contribution in [0.1, 0.15) is 52.4 Å². The molecule has 9 nitrogen and oxygen atoms in total. The van der Waals surface area contributed by atoms with E-state index in [1.807, 2.05) is 0 Å². The van der Waals surface area contributed by atoms with Crippen LogP contribution in [-0.4, -0.2) is 47.4 Å². The second-order valence-electron chi connectivity index (χ2n) is 7.98. The molecule has 4 aromatic heterocycles. The van der Waals surface area contributed by atoms with Crippen LogP contribution in [-0.2, 0) is 6.42 Å². The van der Waals surface area contributed by atoms with E-state index in [2.05, 4.69) is 57.1 Å². The summed E-state index contributed by atoms with van der Waals surface area (Å²) in [5.41, 5.74) is 3.56. The van der Waals surface area contributed by atoms with Gasteiger partial charge in [-0.2, -0.15) is 0 Å². The van der Waals surface area contributed by atoms with E-state index < -0.39 is 0 Å². The van der Waals surface area contributed by atoms with Crippen molar-refractivity contribution in [1.29, 1.82) is 0 Å². The Balaban J connectivity index is 0.000000135. The Bertz CT molecular complexity index is 1220. The molecule has 32 heavy (non-hydrogen) atoms. The van der Waals surface area contributed by atoms with Gasteiger partial charge in [0.05, 0.1) is 18.1 Å². The van der Waals surface area contributed by atoms with E-state index in [1.54, 1.807) is 33.6 Å². The van der Waals surface area contributed by atoms with Crippen molar-refractivity contribution in [3.8, 4) is 0 Å². The summed E-state index contributed by atoms with van der Waals surface area (Å²) in [6.07, 6.45) is 14.1. The molecular weight excluding hydrogens is 542 g/mol. The molecule has 11 heteroatoms. The summed E-state index contributed by atoms with van der Waals surface area (Å²) < 4.78 is 4.96. The van der Waals surface area contributed by atoms with Crippen LogP contribution in [0, 0.1) is 5.92 Å². The smallest absolute Gasteiger partial charge is 0.180 e. The Morgan fingerprint density at radius 2 is 1.50 bits per heavy atom. The number of carbonyl (C=O) groups is 2. The van der Waals surface area contributed by atoms with E-state index in [9.17, 15) is 9.59 Å². The summed E-state index contributed by atoms with van der Waals surface area (Å²) in [5, 5.41) is 3.30. The summed E-state index contributed by atoms with van der Waals surface area (Å²) in [6.45, 7) is 0. The third-order valence-electron chi connectivity index (χ3n) is 5.39. The zero-order valence-electron chi connectivity index (χ0n) is 16.9. The summed E-state index contributed by atoms with van der Waals surface area (Å²) in [4.78, 5) is 38.9. The van der Waals surface area contributed by atoms with Crippen LogP contribution in [0.4, 0.5) is 5.82 Å². The predicted octanol–water partition coefficient (Wildman–Crippen LogP) is 4.14. The van der Waals surface area contributed by atoms with Gasteiger partial charge < -0.3 is 5.32 Å². The molecule has 0 radical (unpaired) electrons. The highest BCUT2D eigenvalue weighted by Gasteiger charge is 2.25. The quantitative estimate of drug-likeness (QED) is 0.353. The van der Waals surface area contributed by atoms with Gasteiger partial charge in [0.1, 0.15) is 20.6 Å². The minimum Gasteiger partial charge on any atom is -0.364 e. The number of aldehydes is 2. The van der Waals surface area contributed by atoms with E-state index in [0.717, 1.165) is 46.7 Å². The summed E-state index contributed by atoms with van der Waals surface area (Å²) in [6, 6.07) is 0.502. The van der Waals surface area contributed by atoms with E-state index in [1.165, 1.54) is 25.7 Å². The van der Waals surface area contributed by atoms with Gasteiger partial charge >= 0.3 is 0 Å². The number of nitrogens with one attached hydrogen (secondary N) is 1. The number of nitrogens with zero attached hydrogens (tertiary/aromatic N) is 6. The third kappa shape index (κ3) is 4.44. The molecule has 0 spiro atoms. The fourth-order valence-corrected chi connectivity index (χ4v) is 4.24. The first-order valence-corrected chi connectivity index (χ1v) is 11.9. The Morgan fingerprint density at radius 1 is 0.906 bits per heavy atom. The Hall–Kier alpha value is -2.66. The monoisotopic (exact) mass is 559 g/mol. The molecule has 4 heterocycles. The average Bonchev–Trinajstić information content (AvgIpc) is 3.68. The Morgan fingerprint density at radius 3 is 2.09 bits per heavy atom. The molecular formula is C21H19Br2N7O2. The van der Waals surface area contributed by atoms with Crippen LogP contribution in [0.2, 0.25) is 0 Å². The number of aromatic nitrogens is 6. The fraction of sp³-hybridized carbons (Fsp3) is 0.333. The number of halogens is 2. The van der Waals surface area contributed by atoms with Crippen LogP contribution >= 0.6 is 31.9 Å². The van der Waals surface area contributed by atoms with Crippen molar-refractivity contribution in [2.45, 2.75) is 38.1 Å². The molecule has 6 rings (SSSR count). The minimum atomic E-state index is 0.502. The van der Waals surface area contributed by atoms with Crippen molar-refractivity contribution in [3.63, 3.8) is 0 Å². The van der Waals surface area contributed by atoms with Crippen LogP contribution in [0.25, 0.3) is 11.3 Å².